The van der Waals surface area contributed by atoms with Gasteiger partial charge in [0.1, 0.15) is 0 Å². The highest BCUT2D eigenvalue weighted by molar-refractivity contribution is 7.99. The lowest BCUT2D eigenvalue weighted by atomic mass is 10.0. The zero-order valence-electron chi connectivity index (χ0n) is 9.99. The summed E-state index contributed by atoms with van der Waals surface area (Å²) in [6.45, 7) is 3.43. The van der Waals surface area contributed by atoms with Crippen LogP contribution < -0.4 is 5.32 Å². The highest BCUT2D eigenvalue weighted by Gasteiger charge is 2.14. The fraction of sp³-hybridized carbons (Fsp3) is 0.571. The molecular formula is C14H21NS. The minimum Gasteiger partial charge on any atom is -0.310 e. The van der Waals surface area contributed by atoms with Crippen LogP contribution in [0.5, 0.6) is 0 Å². The molecule has 1 aromatic rings. The summed E-state index contributed by atoms with van der Waals surface area (Å²) in [6.07, 6.45) is 2.78. The molecule has 1 aromatic carbocycles. The van der Waals surface area contributed by atoms with Gasteiger partial charge in [-0.1, -0.05) is 30.3 Å². The van der Waals surface area contributed by atoms with Gasteiger partial charge in [-0.25, -0.2) is 0 Å². The van der Waals surface area contributed by atoms with E-state index in [1.165, 1.54) is 36.5 Å². The normalized spacial score (nSPS) is 19.6. The van der Waals surface area contributed by atoms with Crippen LogP contribution in [0.1, 0.15) is 31.4 Å². The molecule has 88 valence electrons. The lowest BCUT2D eigenvalue weighted by Crippen LogP contribution is -2.27. The van der Waals surface area contributed by atoms with Gasteiger partial charge in [-0.2, -0.15) is 11.8 Å². The van der Waals surface area contributed by atoms with Gasteiger partial charge in [0.2, 0.25) is 0 Å². The van der Waals surface area contributed by atoms with Crippen molar-refractivity contribution in [3.05, 3.63) is 35.9 Å². The zero-order chi connectivity index (χ0) is 11.2. The molecule has 1 unspecified atom stereocenters. The number of benzene rings is 1. The van der Waals surface area contributed by atoms with Gasteiger partial charge in [-0.05, 0) is 49.3 Å². The van der Waals surface area contributed by atoms with Crippen molar-refractivity contribution >= 4 is 11.8 Å². The van der Waals surface area contributed by atoms with Crippen molar-refractivity contribution < 1.29 is 0 Å². The second-order valence-corrected chi connectivity index (χ2v) is 5.82. The standard InChI is InChI=1S/C14H21NS/c1-12(14-5-3-2-4-6-14)15-11-13-7-9-16-10-8-13/h2-6,12-13,15H,7-11H2,1H3. The molecule has 16 heavy (non-hydrogen) atoms. The van der Waals surface area contributed by atoms with Crippen LogP contribution in [0, 0.1) is 5.92 Å². The van der Waals surface area contributed by atoms with Crippen LogP contribution in [0.2, 0.25) is 0 Å². The highest BCUT2D eigenvalue weighted by Crippen LogP contribution is 2.22. The molecule has 1 atom stereocenters. The Bertz CT molecular complexity index is 293. The van der Waals surface area contributed by atoms with E-state index in [9.17, 15) is 0 Å². The van der Waals surface area contributed by atoms with Crippen molar-refractivity contribution in [1.29, 1.82) is 0 Å². The largest absolute Gasteiger partial charge is 0.310 e. The van der Waals surface area contributed by atoms with E-state index in [-0.39, 0.29) is 0 Å². The molecule has 2 heteroatoms. The molecule has 2 rings (SSSR count). The first kappa shape index (κ1) is 12.0. The van der Waals surface area contributed by atoms with Gasteiger partial charge in [-0.3, -0.25) is 0 Å². The molecule has 1 N–H and O–H groups in total. The van der Waals surface area contributed by atoms with Crippen LogP contribution in [-0.2, 0) is 0 Å². The van der Waals surface area contributed by atoms with E-state index in [4.69, 9.17) is 0 Å². The fourth-order valence-corrected chi connectivity index (χ4v) is 3.36. The van der Waals surface area contributed by atoms with E-state index >= 15 is 0 Å². The van der Waals surface area contributed by atoms with Gasteiger partial charge in [-0.15, -0.1) is 0 Å². The molecule has 0 amide bonds. The first-order valence-corrected chi connectivity index (χ1v) is 7.38. The SMILES string of the molecule is CC(NCC1CCSCC1)c1ccccc1. The second-order valence-electron chi connectivity index (χ2n) is 4.60. The number of thioether (sulfide) groups is 1. The minimum atomic E-state index is 0.482. The monoisotopic (exact) mass is 235 g/mol. The van der Waals surface area contributed by atoms with Crippen molar-refractivity contribution in [2.75, 3.05) is 18.1 Å². The van der Waals surface area contributed by atoms with Crippen LogP contribution >= 0.6 is 11.8 Å². The summed E-state index contributed by atoms with van der Waals surface area (Å²) in [5, 5.41) is 3.66. The Morgan fingerprint density at radius 3 is 2.62 bits per heavy atom. The zero-order valence-corrected chi connectivity index (χ0v) is 10.8. The molecule has 0 bridgehead atoms. The Balaban J connectivity index is 1.77. The molecule has 0 radical (unpaired) electrons. The Morgan fingerprint density at radius 1 is 1.25 bits per heavy atom. The molecule has 1 aliphatic rings. The summed E-state index contributed by atoms with van der Waals surface area (Å²) in [4.78, 5) is 0. The average Bonchev–Trinajstić information content (AvgIpc) is 2.38. The number of hydrogen-bond donors (Lipinski definition) is 1. The third kappa shape index (κ3) is 3.53. The van der Waals surface area contributed by atoms with Crippen molar-refractivity contribution in [3.8, 4) is 0 Å². The molecule has 0 saturated carbocycles. The topological polar surface area (TPSA) is 12.0 Å². The van der Waals surface area contributed by atoms with E-state index in [1.54, 1.807) is 0 Å². The second kappa shape index (κ2) is 6.31. The Labute approximate surface area is 103 Å². The molecule has 1 saturated heterocycles. The number of nitrogens with one attached hydrogen (secondary N) is 1. The lowest BCUT2D eigenvalue weighted by Gasteiger charge is -2.24. The highest BCUT2D eigenvalue weighted by atomic mass is 32.2. The third-order valence-corrected chi connectivity index (χ3v) is 4.40. The Kier molecular flexibility index (Phi) is 4.73. The van der Waals surface area contributed by atoms with Gasteiger partial charge in [0.05, 0.1) is 0 Å². The van der Waals surface area contributed by atoms with Crippen molar-refractivity contribution in [2.24, 2.45) is 5.92 Å². The summed E-state index contributed by atoms with van der Waals surface area (Å²) >= 11 is 2.10. The van der Waals surface area contributed by atoms with E-state index < -0.39 is 0 Å². The average molecular weight is 235 g/mol. The first-order valence-electron chi connectivity index (χ1n) is 6.22. The van der Waals surface area contributed by atoms with Gasteiger partial charge in [0, 0.05) is 6.04 Å². The van der Waals surface area contributed by atoms with Crippen LogP contribution in [0.25, 0.3) is 0 Å². The van der Waals surface area contributed by atoms with Crippen molar-refractivity contribution in [2.45, 2.75) is 25.8 Å². The predicted molar refractivity (Wildman–Crippen MR) is 72.9 cm³/mol. The summed E-state index contributed by atoms with van der Waals surface area (Å²) in [7, 11) is 0. The van der Waals surface area contributed by atoms with E-state index in [0.717, 1.165) is 5.92 Å². The smallest absolute Gasteiger partial charge is 0.0291 e. The number of hydrogen-bond acceptors (Lipinski definition) is 2. The van der Waals surface area contributed by atoms with E-state index in [2.05, 4.69) is 54.3 Å². The number of rotatable bonds is 4. The summed E-state index contributed by atoms with van der Waals surface area (Å²) in [6, 6.07) is 11.2. The van der Waals surface area contributed by atoms with Crippen molar-refractivity contribution in [1.82, 2.24) is 5.32 Å². The van der Waals surface area contributed by atoms with Gasteiger partial charge >= 0.3 is 0 Å². The molecule has 1 heterocycles. The maximum atomic E-state index is 3.66. The summed E-state index contributed by atoms with van der Waals surface area (Å²) in [5.74, 6) is 3.60. The molecule has 1 fully saturated rings. The molecule has 0 aliphatic carbocycles. The Morgan fingerprint density at radius 2 is 1.94 bits per heavy atom. The predicted octanol–water partition coefficient (Wildman–Crippen LogP) is 3.48. The lowest BCUT2D eigenvalue weighted by molar-refractivity contribution is 0.421. The van der Waals surface area contributed by atoms with Crippen LogP contribution in [0.15, 0.2) is 30.3 Å². The quantitative estimate of drug-likeness (QED) is 0.857. The molecule has 1 aliphatic heterocycles. The maximum absolute atomic E-state index is 3.66. The van der Waals surface area contributed by atoms with E-state index in [1.807, 2.05) is 0 Å². The molecule has 0 aromatic heterocycles. The van der Waals surface area contributed by atoms with Gasteiger partial charge < -0.3 is 5.32 Å². The van der Waals surface area contributed by atoms with Crippen LogP contribution in [0.4, 0.5) is 0 Å². The third-order valence-electron chi connectivity index (χ3n) is 3.35. The summed E-state index contributed by atoms with van der Waals surface area (Å²) in [5.41, 5.74) is 1.40. The first-order chi connectivity index (χ1) is 7.86. The fourth-order valence-electron chi connectivity index (χ4n) is 2.15. The minimum absolute atomic E-state index is 0.482. The van der Waals surface area contributed by atoms with Gasteiger partial charge in [0.25, 0.3) is 0 Å². The van der Waals surface area contributed by atoms with E-state index in [0.29, 0.717) is 6.04 Å². The molecule has 0 spiro atoms. The molecule has 1 nitrogen and oxygen atoms in total. The molecular weight excluding hydrogens is 214 g/mol. The Hall–Kier alpha value is -0.470. The summed E-state index contributed by atoms with van der Waals surface area (Å²) < 4.78 is 0. The maximum Gasteiger partial charge on any atom is 0.0291 e. The van der Waals surface area contributed by atoms with Crippen LogP contribution in [0.3, 0.4) is 0 Å². The van der Waals surface area contributed by atoms with Crippen LogP contribution in [-0.4, -0.2) is 18.1 Å². The van der Waals surface area contributed by atoms with Gasteiger partial charge in [0.15, 0.2) is 0 Å². The van der Waals surface area contributed by atoms with Crippen molar-refractivity contribution in [3.63, 3.8) is 0 Å².